The van der Waals surface area contributed by atoms with E-state index in [4.69, 9.17) is 0 Å². The molecule has 2 amide bonds. The number of rotatable bonds is 1. The summed E-state index contributed by atoms with van der Waals surface area (Å²) in [7, 11) is 0. The molecule has 0 unspecified atom stereocenters. The minimum Gasteiger partial charge on any atom is -0.349 e. The first kappa shape index (κ1) is 14.0. The first-order valence-corrected chi connectivity index (χ1v) is 7.50. The number of piperidine rings is 1. The Labute approximate surface area is 123 Å². The van der Waals surface area contributed by atoms with Gasteiger partial charge in [0.1, 0.15) is 0 Å². The molecular formula is C15H20N4O2. The Hall–Kier alpha value is -1.98. The van der Waals surface area contributed by atoms with E-state index in [9.17, 15) is 9.59 Å². The van der Waals surface area contributed by atoms with Gasteiger partial charge < -0.3 is 10.2 Å². The monoisotopic (exact) mass is 288 g/mol. The molecule has 2 atom stereocenters. The van der Waals surface area contributed by atoms with Crippen LogP contribution >= 0.6 is 0 Å². The van der Waals surface area contributed by atoms with Crippen LogP contribution in [0.1, 0.15) is 49.5 Å². The highest BCUT2D eigenvalue weighted by molar-refractivity contribution is 5.92. The van der Waals surface area contributed by atoms with E-state index in [2.05, 4.69) is 22.4 Å². The third kappa shape index (κ3) is 2.62. The van der Waals surface area contributed by atoms with Crippen molar-refractivity contribution in [3.8, 4) is 0 Å². The average Bonchev–Trinajstić information content (AvgIpc) is 2.64. The smallest absolute Gasteiger partial charge is 0.274 e. The van der Waals surface area contributed by atoms with Crippen LogP contribution in [0.5, 0.6) is 0 Å². The second kappa shape index (κ2) is 5.42. The average molecular weight is 288 g/mol. The molecule has 112 valence electrons. The van der Waals surface area contributed by atoms with Crippen LogP contribution in [-0.2, 0) is 4.79 Å². The summed E-state index contributed by atoms with van der Waals surface area (Å²) < 4.78 is 0. The molecule has 2 saturated heterocycles. The number of nitrogens with one attached hydrogen (secondary N) is 1. The van der Waals surface area contributed by atoms with Gasteiger partial charge in [-0.2, -0.15) is 5.10 Å². The molecule has 3 rings (SSSR count). The van der Waals surface area contributed by atoms with E-state index in [0.717, 1.165) is 25.7 Å². The zero-order valence-corrected chi connectivity index (χ0v) is 12.2. The maximum atomic E-state index is 12.7. The van der Waals surface area contributed by atoms with Gasteiger partial charge in [0.15, 0.2) is 5.69 Å². The van der Waals surface area contributed by atoms with Crippen LogP contribution in [-0.4, -0.2) is 45.0 Å². The summed E-state index contributed by atoms with van der Waals surface area (Å²) in [6.07, 6.45) is 5.56. The van der Waals surface area contributed by atoms with Gasteiger partial charge in [-0.25, -0.2) is 0 Å². The zero-order valence-electron chi connectivity index (χ0n) is 12.2. The van der Waals surface area contributed by atoms with Gasteiger partial charge in [0.2, 0.25) is 5.91 Å². The predicted octanol–water partition coefficient (Wildman–Crippen LogP) is 1.14. The van der Waals surface area contributed by atoms with E-state index >= 15 is 0 Å². The molecule has 0 radical (unpaired) electrons. The highest BCUT2D eigenvalue weighted by Crippen LogP contribution is 2.33. The third-order valence-electron chi connectivity index (χ3n) is 4.57. The highest BCUT2D eigenvalue weighted by Gasteiger charge is 2.45. The summed E-state index contributed by atoms with van der Waals surface area (Å²) >= 11 is 0. The molecule has 6 nitrogen and oxygen atoms in total. The van der Waals surface area contributed by atoms with Crippen molar-refractivity contribution in [3.63, 3.8) is 0 Å². The van der Waals surface area contributed by atoms with Crippen LogP contribution in [0.15, 0.2) is 18.3 Å². The number of aromatic nitrogens is 2. The van der Waals surface area contributed by atoms with Crippen LogP contribution in [0, 0.1) is 0 Å². The number of carbonyl (C=O) groups excluding carboxylic acids is 2. The summed E-state index contributed by atoms with van der Waals surface area (Å²) in [4.78, 5) is 26.4. The van der Waals surface area contributed by atoms with E-state index in [0.29, 0.717) is 18.7 Å². The molecule has 6 heteroatoms. The lowest BCUT2D eigenvalue weighted by Crippen LogP contribution is -2.63. The highest BCUT2D eigenvalue weighted by atomic mass is 16.2. The number of likely N-dealkylation sites (tertiary alicyclic amines) is 1. The van der Waals surface area contributed by atoms with Crippen LogP contribution in [0.3, 0.4) is 0 Å². The van der Waals surface area contributed by atoms with E-state index in [-0.39, 0.29) is 23.4 Å². The molecule has 3 heterocycles. The van der Waals surface area contributed by atoms with Gasteiger partial charge >= 0.3 is 0 Å². The molecule has 1 aromatic heterocycles. The molecule has 2 fully saturated rings. The number of hydrogen-bond donors (Lipinski definition) is 1. The Morgan fingerprint density at radius 3 is 3.10 bits per heavy atom. The lowest BCUT2D eigenvalue weighted by atomic mass is 9.81. The van der Waals surface area contributed by atoms with Crippen LogP contribution in [0.4, 0.5) is 0 Å². The Morgan fingerprint density at radius 2 is 2.33 bits per heavy atom. The fraction of sp³-hybridized carbons (Fsp3) is 0.600. The van der Waals surface area contributed by atoms with Gasteiger partial charge in [-0.15, -0.1) is 5.10 Å². The van der Waals surface area contributed by atoms with Crippen molar-refractivity contribution in [2.75, 3.05) is 6.54 Å². The third-order valence-corrected chi connectivity index (χ3v) is 4.57. The molecule has 0 spiro atoms. The lowest BCUT2D eigenvalue weighted by Gasteiger charge is -2.47. The summed E-state index contributed by atoms with van der Waals surface area (Å²) in [5.41, 5.74) is 0.0429. The van der Waals surface area contributed by atoms with E-state index in [1.165, 1.54) is 0 Å². The van der Waals surface area contributed by atoms with Gasteiger partial charge in [-0.3, -0.25) is 9.59 Å². The number of nitrogens with zero attached hydrogens (tertiary/aromatic N) is 3. The summed E-state index contributed by atoms with van der Waals surface area (Å²) in [6, 6.07) is 3.45. The first-order chi connectivity index (χ1) is 10.1. The van der Waals surface area contributed by atoms with E-state index < -0.39 is 0 Å². The van der Waals surface area contributed by atoms with Crippen molar-refractivity contribution in [1.29, 1.82) is 0 Å². The van der Waals surface area contributed by atoms with Gasteiger partial charge in [-0.1, -0.05) is 0 Å². The normalized spacial score (nSPS) is 29.3. The standard InChI is InChI=1S/C15H20N4O2/c1-15-8-4-10-19(12(15)6-2-7-13(20)17-15)14(21)11-5-3-9-16-18-11/h3,5,9,12H,2,4,6-8,10H2,1H3,(H,17,20)/t12-,15-/m0/s1. The van der Waals surface area contributed by atoms with Gasteiger partial charge in [0.05, 0.1) is 11.6 Å². The van der Waals surface area contributed by atoms with Crippen LogP contribution < -0.4 is 5.32 Å². The topological polar surface area (TPSA) is 75.2 Å². The maximum absolute atomic E-state index is 12.7. The molecule has 0 aromatic carbocycles. The minimum absolute atomic E-state index is 0.0345. The Morgan fingerprint density at radius 1 is 1.48 bits per heavy atom. The fourth-order valence-electron chi connectivity index (χ4n) is 3.55. The molecule has 21 heavy (non-hydrogen) atoms. The van der Waals surface area contributed by atoms with Gasteiger partial charge in [-0.05, 0) is 44.7 Å². The molecule has 0 aliphatic carbocycles. The largest absolute Gasteiger partial charge is 0.349 e. The van der Waals surface area contributed by atoms with Crippen molar-refractivity contribution in [1.82, 2.24) is 20.4 Å². The van der Waals surface area contributed by atoms with Crippen molar-refractivity contribution in [3.05, 3.63) is 24.0 Å². The molecule has 2 aliphatic heterocycles. The van der Waals surface area contributed by atoms with E-state index in [1.54, 1.807) is 18.3 Å². The number of fused-ring (bicyclic) bond motifs is 1. The second-order valence-electron chi connectivity index (χ2n) is 6.08. The van der Waals surface area contributed by atoms with E-state index in [1.807, 2.05) is 4.90 Å². The second-order valence-corrected chi connectivity index (χ2v) is 6.08. The summed E-state index contributed by atoms with van der Waals surface area (Å²) in [5, 5.41) is 10.8. The van der Waals surface area contributed by atoms with Gasteiger partial charge in [0, 0.05) is 19.2 Å². The van der Waals surface area contributed by atoms with Crippen molar-refractivity contribution >= 4 is 11.8 Å². The summed E-state index contributed by atoms with van der Waals surface area (Å²) in [5.74, 6) is 0.00368. The SMILES string of the molecule is C[C@]12CCCN(C(=O)c3cccnn3)[C@H]1CCCC(=O)N2. The molecule has 2 aliphatic rings. The first-order valence-electron chi connectivity index (χ1n) is 7.50. The number of hydrogen-bond acceptors (Lipinski definition) is 4. The Balaban J connectivity index is 1.88. The molecule has 0 bridgehead atoms. The fourth-order valence-corrected chi connectivity index (χ4v) is 3.55. The quantitative estimate of drug-likeness (QED) is 0.841. The number of carbonyl (C=O) groups is 2. The Bertz CT molecular complexity index is 548. The van der Waals surface area contributed by atoms with Crippen LogP contribution in [0.2, 0.25) is 0 Å². The van der Waals surface area contributed by atoms with Crippen molar-refractivity contribution in [2.45, 2.75) is 50.6 Å². The predicted molar refractivity (Wildman–Crippen MR) is 76.5 cm³/mol. The Kier molecular flexibility index (Phi) is 3.61. The van der Waals surface area contributed by atoms with Crippen LogP contribution in [0.25, 0.3) is 0 Å². The molecule has 1 N–H and O–H groups in total. The molecular weight excluding hydrogens is 268 g/mol. The number of amides is 2. The summed E-state index contributed by atoms with van der Waals surface area (Å²) in [6.45, 7) is 2.77. The van der Waals surface area contributed by atoms with Gasteiger partial charge in [0.25, 0.3) is 5.91 Å². The lowest BCUT2D eigenvalue weighted by molar-refractivity contribution is -0.123. The minimum atomic E-state index is -0.330. The zero-order chi connectivity index (χ0) is 14.9. The van der Waals surface area contributed by atoms with Crippen molar-refractivity contribution in [2.24, 2.45) is 0 Å². The molecule has 1 aromatic rings. The maximum Gasteiger partial charge on any atom is 0.274 e. The molecule has 0 saturated carbocycles. The van der Waals surface area contributed by atoms with Crippen molar-refractivity contribution < 1.29 is 9.59 Å².